The average Bonchev–Trinajstić information content (AvgIpc) is 2.40. The second kappa shape index (κ2) is 17.5. The van der Waals surface area contributed by atoms with Gasteiger partial charge >= 0.3 is 6.09 Å². The van der Waals surface area contributed by atoms with Crippen molar-refractivity contribution in [3.05, 3.63) is 11.8 Å². The van der Waals surface area contributed by atoms with E-state index in [0.717, 1.165) is 0 Å². The summed E-state index contributed by atoms with van der Waals surface area (Å²) in [5, 5.41) is 0. The first-order valence-electron chi connectivity index (χ1n) is 7.58. The summed E-state index contributed by atoms with van der Waals surface area (Å²) >= 11 is 0. The molecule has 0 bridgehead atoms. The van der Waals surface area contributed by atoms with Gasteiger partial charge in [-0.25, -0.2) is 4.79 Å². The molecule has 0 unspecified atom stereocenters. The van der Waals surface area contributed by atoms with Crippen molar-refractivity contribution in [2.75, 3.05) is 20.1 Å². The van der Waals surface area contributed by atoms with E-state index < -0.39 is 5.60 Å². The summed E-state index contributed by atoms with van der Waals surface area (Å²) in [5.74, 6) is 0. The van der Waals surface area contributed by atoms with Crippen LogP contribution in [0.5, 0.6) is 0 Å². The molecule has 0 atom stereocenters. The Hall–Kier alpha value is -1.52. The third-order valence-electron chi connectivity index (χ3n) is 1.71. The molecule has 0 saturated heterocycles. The minimum absolute atomic E-state index is 0. The predicted octanol–water partition coefficient (Wildman–Crippen LogP) is 4.48. The van der Waals surface area contributed by atoms with E-state index in [0.29, 0.717) is 18.8 Å². The van der Waals surface area contributed by atoms with Crippen LogP contribution in [0.4, 0.5) is 4.79 Å². The molecular weight excluding hydrogens is 278 g/mol. The van der Waals surface area contributed by atoms with E-state index in [4.69, 9.17) is 10.5 Å². The Morgan fingerprint density at radius 3 is 2.05 bits per heavy atom. The molecular formula is C17H39N3O2. The first-order valence-corrected chi connectivity index (χ1v) is 7.58. The molecule has 2 N–H and O–H groups in total. The summed E-state index contributed by atoms with van der Waals surface area (Å²) < 4.78 is 5.20. The normalized spacial score (nSPS) is 10.5. The van der Waals surface area contributed by atoms with Gasteiger partial charge in [-0.2, -0.15) is 0 Å². The first kappa shape index (κ1) is 28.6. The molecule has 0 spiro atoms. The number of carbonyl (C=O) groups is 1. The molecule has 0 aliphatic heterocycles. The highest BCUT2D eigenvalue weighted by Crippen LogP contribution is 2.08. The molecule has 22 heavy (non-hydrogen) atoms. The maximum Gasteiger partial charge on any atom is 0.410 e. The van der Waals surface area contributed by atoms with E-state index in [2.05, 4.69) is 4.99 Å². The molecule has 0 rings (SSSR count). The van der Waals surface area contributed by atoms with Crippen molar-refractivity contribution in [1.82, 2.24) is 4.90 Å². The van der Waals surface area contributed by atoms with Gasteiger partial charge in [-0.15, -0.1) is 0 Å². The van der Waals surface area contributed by atoms with Crippen LogP contribution in [-0.4, -0.2) is 42.9 Å². The van der Waals surface area contributed by atoms with Crippen LogP contribution in [0.3, 0.4) is 0 Å². The summed E-state index contributed by atoms with van der Waals surface area (Å²) in [6.07, 6.45) is 3.02. The minimum Gasteiger partial charge on any atom is -0.444 e. The number of nitrogens with zero attached hydrogens (tertiary/aromatic N) is 2. The molecule has 5 nitrogen and oxygen atoms in total. The summed E-state index contributed by atoms with van der Waals surface area (Å²) in [4.78, 5) is 17.2. The fourth-order valence-electron chi connectivity index (χ4n) is 0.884. The standard InChI is InChI=1S/C12H23N3O2.2C2H6.CH4/c1-10(13)6-7-14-8-9-15(5)11(16)17-12(2,3)4;2*1-2;/h6-7H,8-9,13H2,1-5H3;2*1-2H3;1H4/b10-6-,14-7?;;;. The molecule has 0 aliphatic carbocycles. The lowest BCUT2D eigenvalue weighted by atomic mass is 10.2. The van der Waals surface area contributed by atoms with Crippen LogP contribution in [0.2, 0.25) is 0 Å². The van der Waals surface area contributed by atoms with Crippen LogP contribution >= 0.6 is 0 Å². The lowest BCUT2D eigenvalue weighted by molar-refractivity contribution is 0.0304. The van der Waals surface area contributed by atoms with Crippen LogP contribution in [0.25, 0.3) is 0 Å². The van der Waals surface area contributed by atoms with Gasteiger partial charge in [-0.05, 0) is 33.8 Å². The van der Waals surface area contributed by atoms with Crippen molar-refractivity contribution in [3.8, 4) is 0 Å². The Kier molecular flexibility index (Phi) is 22.8. The van der Waals surface area contributed by atoms with Gasteiger partial charge in [0.2, 0.25) is 0 Å². The maximum absolute atomic E-state index is 11.6. The zero-order valence-electron chi connectivity index (χ0n) is 15.4. The Morgan fingerprint density at radius 1 is 1.23 bits per heavy atom. The molecule has 0 heterocycles. The van der Waals surface area contributed by atoms with Gasteiger partial charge in [0, 0.05) is 25.5 Å². The predicted molar refractivity (Wildman–Crippen MR) is 99.6 cm³/mol. The zero-order valence-corrected chi connectivity index (χ0v) is 15.4. The van der Waals surface area contributed by atoms with Crippen molar-refractivity contribution in [2.45, 2.75) is 68.4 Å². The fraction of sp³-hybridized carbons (Fsp3) is 0.765. The number of ether oxygens (including phenoxy) is 1. The largest absolute Gasteiger partial charge is 0.444 e. The molecule has 134 valence electrons. The maximum atomic E-state index is 11.6. The fourth-order valence-corrected chi connectivity index (χ4v) is 0.884. The van der Waals surface area contributed by atoms with Crippen molar-refractivity contribution >= 4 is 12.3 Å². The lowest BCUT2D eigenvalue weighted by Gasteiger charge is -2.24. The number of allylic oxidation sites excluding steroid dienone is 2. The molecule has 1 amide bonds. The second-order valence-electron chi connectivity index (χ2n) is 4.87. The van der Waals surface area contributed by atoms with Gasteiger partial charge in [-0.1, -0.05) is 35.1 Å². The molecule has 0 aromatic rings. The summed E-state index contributed by atoms with van der Waals surface area (Å²) in [5.41, 5.74) is 5.68. The van der Waals surface area contributed by atoms with Crippen molar-refractivity contribution in [2.24, 2.45) is 10.7 Å². The number of amides is 1. The van der Waals surface area contributed by atoms with E-state index in [-0.39, 0.29) is 13.5 Å². The van der Waals surface area contributed by atoms with Gasteiger partial charge in [-0.3, -0.25) is 4.99 Å². The Balaban J connectivity index is -0.000000297. The van der Waals surface area contributed by atoms with Crippen molar-refractivity contribution < 1.29 is 9.53 Å². The first-order chi connectivity index (χ1) is 9.72. The number of nitrogens with two attached hydrogens (primary N) is 1. The highest BCUT2D eigenvalue weighted by Gasteiger charge is 2.18. The molecule has 0 fully saturated rings. The van der Waals surface area contributed by atoms with Crippen LogP contribution < -0.4 is 5.73 Å². The molecule has 0 aromatic heterocycles. The van der Waals surface area contributed by atoms with Gasteiger partial charge in [0.15, 0.2) is 0 Å². The number of hydrogen-bond acceptors (Lipinski definition) is 4. The SMILES string of the molecule is C.C/C(N)=C/C=NCCN(C)C(=O)OC(C)(C)C.CC.CC. The van der Waals surface area contributed by atoms with E-state index >= 15 is 0 Å². The van der Waals surface area contributed by atoms with Gasteiger partial charge in [0.25, 0.3) is 0 Å². The van der Waals surface area contributed by atoms with Crippen LogP contribution in [0.1, 0.15) is 62.8 Å². The summed E-state index contributed by atoms with van der Waals surface area (Å²) in [6.45, 7) is 16.4. The van der Waals surface area contributed by atoms with Gasteiger partial charge in [0.1, 0.15) is 5.60 Å². The Morgan fingerprint density at radius 2 is 1.68 bits per heavy atom. The quantitative estimate of drug-likeness (QED) is 0.777. The summed E-state index contributed by atoms with van der Waals surface area (Å²) in [7, 11) is 1.69. The van der Waals surface area contributed by atoms with Crippen molar-refractivity contribution in [1.29, 1.82) is 0 Å². The highest BCUT2D eigenvalue weighted by atomic mass is 16.6. The van der Waals surface area contributed by atoms with E-state index in [1.165, 1.54) is 4.90 Å². The monoisotopic (exact) mass is 317 g/mol. The summed E-state index contributed by atoms with van der Waals surface area (Å²) in [6, 6.07) is 0. The second-order valence-corrected chi connectivity index (χ2v) is 4.87. The Labute approximate surface area is 138 Å². The molecule has 0 radical (unpaired) electrons. The van der Waals surface area contributed by atoms with Crippen LogP contribution in [-0.2, 0) is 4.74 Å². The zero-order chi connectivity index (χ0) is 17.5. The smallest absolute Gasteiger partial charge is 0.410 e. The van der Waals surface area contributed by atoms with E-state index in [1.807, 2.05) is 48.5 Å². The number of hydrogen-bond donors (Lipinski definition) is 1. The Bertz CT molecular complexity index is 302. The minimum atomic E-state index is -0.464. The van der Waals surface area contributed by atoms with E-state index in [1.54, 1.807) is 26.3 Å². The van der Waals surface area contributed by atoms with Gasteiger partial charge in [0.05, 0.1) is 6.54 Å². The number of likely N-dealkylation sites (N-methyl/N-ethyl adjacent to an activating group) is 1. The lowest BCUT2D eigenvalue weighted by Crippen LogP contribution is -2.35. The molecule has 0 saturated carbocycles. The number of aliphatic imine (C=N–C) groups is 1. The van der Waals surface area contributed by atoms with Crippen LogP contribution in [0, 0.1) is 0 Å². The van der Waals surface area contributed by atoms with Crippen molar-refractivity contribution in [3.63, 3.8) is 0 Å². The third kappa shape index (κ3) is 23.6. The topological polar surface area (TPSA) is 67.9 Å². The molecule has 0 aliphatic rings. The van der Waals surface area contributed by atoms with Crippen LogP contribution in [0.15, 0.2) is 16.8 Å². The number of carbonyl (C=O) groups excluding carboxylic acids is 1. The van der Waals surface area contributed by atoms with Gasteiger partial charge < -0.3 is 15.4 Å². The van der Waals surface area contributed by atoms with E-state index in [9.17, 15) is 4.79 Å². The number of rotatable bonds is 4. The average molecular weight is 318 g/mol. The highest BCUT2D eigenvalue weighted by molar-refractivity contribution is 5.71. The molecule has 5 heteroatoms. The third-order valence-corrected chi connectivity index (χ3v) is 1.71. The molecule has 0 aromatic carbocycles.